The summed E-state index contributed by atoms with van der Waals surface area (Å²) in [5.41, 5.74) is 25.7. The standard InChI is InChI=1S/C84H54B3N5O3/c1-8-28-55(29-9-1)88(56-30-10-2-11-31-56)62-48-71-80-72(49-62)91(60-38-18-6-19-39-60)70-53-77-68(52-67(70)85(80)64-42-22-25-45-69(64)90(71)59-36-16-5-17-37-59)86-65-43-23-27-47-76(65)95-84-82-74(54-79(94-77)83(84)86)92(61-40-20-7-21-41-61)73-50-63(51-78-81(73)87(82)66-44-24-26-46-75(66)93-78)89(57-32-12-3-13-33-57)58-34-14-4-15-35-58/h1-54H. The number of ether oxygens (including phenoxy) is 3. The molecule has 0 N–H and O–H groups in total. The number of hydrogen-bond donors (Lipinski definition) is 0. The molecule has 0 radical (unpaired) electrons. The van der Waals surface area contributed by atoms with Crippen molar-refractivity contribution < 1.29 is 14.2 Å². The average Bonchev–Trinajstić information content (AvgIpc) is 0.689. The smallest absolute Gasteiger partial charge is 0.261 e. The fourth-order valence-corrected chi connectivity index (χ4v) is 16.1. The van der Waals surface area contributed by atoms with E-state index in [1.54, 1.807) is 0 Å². The Kier molecular flexibility index (Phi) is 11.9. The number of para-hydroxylation sites is 10. The van der Waals surface area contributed by atoms with Gasteiger partial charge in [-0.05, 0) is 165 Å². The van der Waals surface area contributed by atoms with Crippen molar-refractivity contribution >= 4 is 155 Å². The van der Waals surface area contributed by atoms with Gasteiger partial charge in [-0.3, -0.25) is 0 Å². The summed E-state index contributed by atoms with van der Waals surface area (Å²) in [4.78, 5) is 12.1. The van der Waals surface area contributed by atoms with E-state index in [4.69, 9.17) is 14.2 Å². The summed E-state index contributed by atoms with van der Waals surface area (Å²) in [6.07, 6.45) is 0. The minimum atomic E-state index is -0.294. The van der Waals surface area contributed by atoms with Gasteiger partial charge in [0.2, 0.25) is 0 Å². The average molecular weight is 1210 g/mol. The first-order valence-electron chi connectivity index (χ1n) is 32.6. The lowest BCUT2D eigenvalue weighted by Gasteiger charge is -2.46. The molecule has 0 aliphatic carbocycles. The number of rotatable bonds is 9. The molecule has 20 rings (SSSR count). The van der Waals surface area contributed by atoms with Gasteiger partial charge in [0.05, 0.1) is 11.4 Å². The van der Waals surface area contributed by atoms with Crippen molar-refractivity contribution in [3.8, 4) is 34.5 Å². The SMILES string of the molecule is c1ccc(N(c2ccccc2)c2cc3c4c(c2)N(c2ccccc2)c2cc5c6c(c2B4c2ccccc2O3)Oc2ccccc2B6c2cc3c(cc2O5)N(c2ccccc2)c2cc(N(c4ccccc4)c4ccccc4)cc4c2B3c2ccccc2N4c2ccccc2)cc1. The maximum absolute atomic E-state index is 7.82. The van der Waals surface area contributed by atoms with E-state index in [1.807, 2.05) is 0 Å². The van der Waals surface area contributed by atoms with Gasteiger partial charge in [0, 0.05) is 97.6 Å². The lowest BCUT2D eigenvalue weighted by molar-refractivity contribution is 0.467. The number of hydrogen-bond acceptors (Lipinski definition) is 8. The predicted octanol–water partition coefficient (Wildman–Crippen LogP) is 15.8. The molecule has 8 nitrogen and oxygen atoms in total. The van der Waals surface area contributed by atoms with Crippen LogP contribution >= 0.6 is 0 Å². The van der Waals surface area contributed by atoms with E-state index >= 15 is 0 Å². The number of anilines is 15. The molecule has 0 saturated heterocycles. The first kappa shape index (κ1) is 53.3. The Labute approximate surface area is 552 Å². The van der Waals surface area contributed by atoms with E-state index in [0.29, 0.717) is 0 Å². The van der Waals surface area contributed by atoms with E-state index < -0.39 is 0 Å². The predicted molar refractivity (Wildman–Crippen MR) is 393 cm³/mol. The molecule has 0 unspecified atom stereocenters. The molecule has 95 heavy (non-hydrogen) atoms. The van der Waals surface area contributed by atoms with Crippen molar-refractivity contribution in [3.63, 3.8) is 0 Å². The molecule has 0 saturated carbocycles. The van der Waals surface area contributed by atoms with Crippen LogP contribution in [0.4, 0.5) is 85.3 Å². The molecule has 14 aromatic rings. The van der Waals surface area contributed by atoms with Crippen molar-refractivity contribution in [1.82, 2.24) is 0 Å². The Morgan fingerprint density at radius 2 is 0.579 bits per heavy atom. The second-order valence-electron chi connectivity index (χ2n) is 25.0. The van der Waals surface area contributed by atoms with Gasteiger partial charge in [-0.25, -0.2) is 0 Å². The molecule has 0 bridgehead atoms. The van der Waals surface area contributed by atoms with Gasteiger partial charge in [0.25, 0.3) is 20.1 Å². The number of fused-ring (bicyclic) bond motifs is 13. The second kappa shape index (κ2) is 21.1. The van der Waals surface area contributed by atoms with Gasteiger partial charge in [-0.15, -0.1) is 0 Å². The molecular formula is C84H54B3N5O3. The van der Waals surface area contributed by atoms with E-state index in [9.17, 15) is 0 Å². The van der Waals surface area contributed by atoms with Crippen LogP contribution in [-0.2, 0) is 0 Å². The van der Waals surface area contributed by atoms with E-state index in [-0.39, 0.29) is 20.1 Å². The molecule has 0 amide bonds. The van der Waals surface area contributed by atoms with Crippen LogP contribution in [0.1, 0.15) is 0 Å². The molecule has 11 heteroatoms. The molecule has 6 aliphatic rings. The van der Waals surface area contributed by atoms with Gasteiger partial charge in [-0.1, -0.05) is 188 Å². The molecule has 14 aromatic carbocycles. The first-order chi connectivity index (χ1) is 47.2. The molecular weight excluding hydrogens is 1160 g/mol. The Morgan fingerprint density at radius 3 is 1.12 bits per heavy atom. The molecule has 0 atom stereocenters. The Morgan fingerprint density at radius 1 is 0.211 bits per heavy atom. The fraction of sp³-hybridized carbons (Fsp3) is 0. The molecule has 0 spiro atoms. The van der Waals surface area contributed by atoms with Crippen molar-refractivity contribution in [1.29, 1.82) is 0 Å². The van der Waals surface area contributed by atoms with Crippen LogP contribution in [-0.4, -0.2) is 20.1 Å². The summed E-state index contributed by atoms with van der Waals surface area (Å²) in [5, 5.41) is 0. The third-order valence-corrected chi connectivity index (χ3v) is 19.9. The Balaban J connectivity index is 0.849. The maximum Gasteiger partial charge on any atom is 0.261 e. The summed E-state index contributed by atoms with van der Waals surface area (Å²) in [6, 6.07) is 118. The third-order valence-electron chi connectivity index (χ3n) is 19.9. The van der Waals surface area contributed by atoms with Crippen LogP contribution in [0.15, 0.2) is 328 Å². The topological polar surface area (TPSA) is 43.9 Å². The molecule has 442 valence electrons. The lowest BCUT2D eigenvalue weighted by Crippen LogP contribution is -2.65. The quantitative estimate of drug-likeness (QED) is 0.133. The van der Waals surface area contributed by atoms with Crippen LogP contribution in [0.3, 0.4) is 0 Å². The monoisotopic (exact) mass is 1210 g/mol. The van der Waals surface area contributed by atoms with Crippen LogP contribution in [0, 0.1) is 0 Å². The normalized spacial score (nSPS) is 13.4. The Hall–Kier alpha value is -12.3. The van der Waals surface area contributed by atoms with Gasteiger partial charge >= 0.3 is 0 Å². The molecule has 6 aliphatic heterocycles. The van der Waals surface area contributed by atoms with Gasteiger partial charge in [0.15, 0.2) is 0 Å². The summed E-state index contributed by atoms with van der Waals surface area (Å²) in [6.45, 7) is -0.765. The summed E-state index contributed by atoms with van der Waals surface area (Å²) >= 11 is 0. The largest absolute Gasteiger partial charge is 0.459 e. The molecule has 0 aromatic heterocycles. The summed E-state index contributed by atoms with van der Waals surface area (Å²) < 4.78 is 22.7. The van der Waals surface area contributed by atoms with Crippen LogP contribution < -0.4 is 87.9 Å². The highest BCUT2D eigenvalue weighted by Gasteiger charge is 2.52. The number of benzene rings is 14. The highest BCUT2D eigenvalue weighted by molar-refractivity contribution is 7.04. The van der Waals surface area contributed by atoms with Crippen LogP contribution in [0.5, 0.6) is 34.5 Å². The maximum atomic E-state index is 7.82. The van der Waals surface area contributed by atoms with Gasteiger partial charge in [-0.2, -0.15) is 0 Å². The van der Waals surface area contributed by atoms with Crippen molar-refractivity contribution in [2.45, 2.75) is 0 Å². The second-order valence-corrected chi connectivity index (χ2v) is 25.0. The first-order valence-corrected chi connectivity index (χ1v) is 32.6. The molecule has 6 heterocycles. The zero-order chi connectivity index (χ0) is 62.2. The van der Waals surface area contributed by atoms with Crippen molar-refractivity contribution in [3.05, 3.63) is 328 Å². The highest BCUT2D eigenvalue weighted by Crippen LogP contribution is 2.52. The lowest BCUT2D eigenvalue weighted by atomic mass is 9.29. The van der Waals surface area contributed by atoms with E-state index in [2.05, 4.69) is 352 Å². The summed E-state index contributed by atoms with van der Waals surface area (Å²) in [5.74, 6) is 4.76. The third kappa shape index (κ3) is 8.12. The van der Waals surface area contributed by atoms with Crippen molar-refractivity contribution in [2.24, 2.45) is 0 Å². The van der Waals surface area contributed by atoms with E-state index in [0.717, 1.165) is 153 Å². The zero-order valence-electron chi connectivity index (χ0n) is 51.4. The van der Waals surface area contributed by atoms with E-state index in [1.165, 1.54) is 16.4 Å². The van der Waals surface area contributed by atoms with Crippen LogP contribution in [0.25, 0.3) is 0 Å². The summed E-state index contributed by atoms with van der Waals surface area (Å²) in [7, 11) is 0. The molecule has 0 fully saturated rings. The minimum Gasteiger partial charge on any atom is -0.459 e. The Bertz CT molecular complexity index is 5330. The van der Waals surface area contributed by atoms with Crippen molar-refractivity contribution in [2.75, 3.05) is 24.5 Å². The highest BCUT2D eigenvalue weighted by atomic mass is 16.5. The van der Waals surface area contributed by atoms with Gasteiger partial charge in [0.1, 0.15) is 34.5 Å². The van der Waals surface area contributed by atoms with Crippen LogP contribution in [0.2, 0.25) is 0 Å². The number of nitrogens with zero attached hydrogens (tertiary/aromatic N) is 5. The zero-order valence-corrected chi connectivity index (χ0v) is 51.4. The van der Waals surface area contributed by atoms with Gasteiger partial charge < -0.3 is 38.7 Å². The fourth-order valence-electron chi connectivity index (χ4n) is 16.1. The minimum absolute atomic E-state index is 0.190.